The van der Waals surface area contributed by atoms with E-state index in [-0.39, 0.29) is 0 Å². The van der Waals surface area contributed by atoms with Gasteiger partial charge in [-0.3, -0.25) is 5.10 Å². The lowest BCUT2D eigenvalue weighted by Gasteiger charge is -2.12. The molecule has 0 amide bonds. The van der Waals surface area contributed by atoms with Crippen molar-refractivity contribution in [3.05, 3.63) is 18.0 Å². The van der Waals surface area contributed by atoms with Gasteiger partial charge in [0.2, 0.25) is 5.75 Å². The molecule has 0 spiro atoms. The Bertz CT molecular complexity index is 558. The van der Waals surface area contributed by atoms with E-state index in [1.165, 1.54) is 0 Å². The first-order valence-corrected chi connectivity index (χ1v) is 6.15. The molecule has 20 heavy (non-hydrogen) atoms. The average molecular weight is 278 g/mol. The Balaban J connectivity index is 2.45. The highest BCUT2D eigenvalue weighted by molar-refractivity contribution is 5.66. The van der Waals surface area contributed by atoms with Gasteiger partial charge in [-0.25, -0.2) is 4.98 Å². The number of nitrogens with two attached hydrogens (primary N) is 1. The van der Waals surface area contributed by atoms with E-state index in [1.54, 1.807) is 33.5 Å². The fourth-order valence-corrected chi connectivity index (χ4v) is 1.88. The minimum Gasteiger partial charge on any atom is -0.493 e. The maximum Gasteiger partial charge on any atom is 0.203 e. The average Bonchev–Trinajstić information content (AvgIpc) is 2.94. The van der Waals surface area contributed by atoms with Gasteiger partial charge in [-0.1, -0.05) is 0 Å². The van der Waals surface area contributed by atoms with Gasteiger partial charge < -0.3 is 19.9 Å². The molecule has 0 atom stereocenters. The van der Waals surface area contributed by atoms with Crippen molar-refractivity contribution in [2.24, 2.45) is 5.73 Å². The third kappa shape index (κ3) is 2.67. The number of nitrogens with zero attached hydrogens (tertiary/aromatic N) is 2. The molecule has 0 unspecified atom stereocenters. The van der Waals surface area contributed by atoms with Crippen LogP contribution in [-0.4, -0.2) is 43.1 Å². The fourth-order valence-electron chi connectivity index (χ4n) is 1.88. The van der Waals surface area contributed by atoms with Crippen molar-refractivity contribution in [3.8, 4) is 28.6 Å². The summed E-state index contributed by atoms with van der Waals surface area (Å²) in [5.41, 5.74) is 6.27. The molecule has 2 aromatic rings. The van der Waals surface area contributed by atoms with E-state index < -0.39 is 0 Å². The number of hydrogen-bond acceptors (Lipinski definition) is 6. The van der Waals surface area contributed by atoms with Gasteiger partial charge in [-0.15, -0.1) is 0 Å². The lowest BCUT2D eigenvalue weighted by Crippen LogP contribution is -2.03. The van der Waals surface area contributed by atoms with Crippen molar-refractivity contribution in [3.63, 3.8) is 0 Å². The minimum atomic E-state index is 0.518. The van der Waals surface area contributed by atoms with E-state index >= 15 is 0 Å². The zero-order valence-corrected chi connectivity index (χ0v) is 11.8. The van der Waals surface area contributed by atoms with Crippen molar-refractivity contribution >= 4 is 0 Å². The molecule has 0 saturated carbocycles. The largest absolute Gasteiger partial charge is 0.493 e. The van der Waals surface area contributed by atoms with Crippen molar-refractivity contribution in [2.45, 2.75) is 6.42 Å². The Morgan fingerprint density at radius 3 is 2.25 bits per heavy atom. The molecule has 0 aliphatic heterocycles. The Morgan fingerprint density at radius 2 is 1.75 bits per heavy atom. The number of aromatic nitrogens is 3. The predicted octanol–water partition coefficient (Wildman–Crippen LogP) is 0.999. The van der Waals surface area contributed by atoms with Crippen LogP contribution in [0.5, 0.6) is 17.2 Å². The molecule has 0 aliphatic carbocycles. The molecule has 0 bridgehead atoms. The van der Waals surface area contributed by atoms with Gasteiger partial charge in [0.15, 0.2) is 17.3 Å². The number of nitrogens with one attached hydrogen (secondary N) is 1. The lowest BCUT2D eigenvalue weighted by molar-refractivity contribution is 0.324. The molecule has 1 heterocycles. The standard InChI is InChI=1S/C13H18N4O3/c1-18-9-6-8(7-10(19-2)12(9)20-3)13-15-11(4-5-14)16-17-13/h6-7H,4-5,14H2,1-3H3,(H,15,16,17). The smallest absolute Gasteiger partial charge is 0.203 e. The number of hydrogen-bond donors (Lipinski definition) is 2. The first-order valence-electron chi connectivity index (χ1n) is 6.15. The van der Waals surface area contributed by atoms with E-state index in [4.69, 9.17) is 19.9 Å². The van der Waals surface area contributed by atoms with Crippen LogP contribution in [0, 0.1) is 0 Å². The van der Waals surface area contributed by atoms with Crippen LogP contribution in [0.3, 0.4) is 0 Å². The topological polar surface area (TPSA) is 95.3 Å². The Hall–Kier alpha value is -2.28. The maximum atomic E-state index is 5.49. The van der Waals surface area contributed by atoms with Gasteiger partial charge in [-0.2, -0.15) is 5.10 Å². The normalized spacial score (nSPS) is 10.4. The molecule has 108 valence electrons. The zero-order valence-electron chi connectivity index (χ0n) is 11.8. The molecule has 2 rings (SSSR count). The highest BCUT2D eigenvalue weighted by Crippen LogP contribution is 2.40. The van der Waals surface area contributed by atoms with Crippen LogP contribution < -0.4 is 19.9 Å². The molecular weight excluding hydrogens is 260 g/mol. The van der Waals surface area contributed by atoms with Gasteiger partial charge >= 0.3 is 0 Å². The Kier molecular flexibility index (Phi) is 4.41. The van der Waals surface area contributed by atoms with Crippen LogP contribution in [-0.2, 0) is 6.42 Å². The van der Waals surface area contributed by atoms with Crippen LogP contribution in [0.25, 0.3) is 11.4 Å². The first kappa shape index (κ1) is 14.1. The van der Waals surface area contributed by atoms with Crippen molar-refractivity contribution < 1.29 is 14.2 Å². The minimum absolute atomic E-state index is 0.518. The van der Waals surface area contributed by atoms with Crippen LogP contribution in [0.2, 0.25) is 0 Å². The molecule has 1 aromatic carbocycles. The summed E-state index contributed by atoms with van der Waals surface area (Å²) in [7, 11) is 4.70. The van der Waals surface area contributed by atoms with Crippen LogP contribution in [0.15, 0.2) is 12.1 Å². The summed E-state index contributed by atoms with van der Waals surface area (Å²) in [6, 6.07) is 3.60. The van der Waals surface area contributed by atoms with Crippen LogP contribution in [0.4, 0.5) is 0 Å². The summed E-state index contributed by atoms with van der Waals surface area (Å²) in [5, 5.41) is 7.02. The van der Waals surface area contributed by atoms with Gasteiger partial charge in [0.05, 0.1) is 21.3 Å². The molecule has 0 saturated heterocycles. The van der Waals surface area contributed by atoms with Gasteiger partial charge in [-0.05, 0) is 18.7 Å². The molecule has 7 nitrogen and oxygen atoms in total. The van der Waals surface area contributed by atoms with Crippen molar-refractivity contribution in [1.29, 1.82) is 0 Å². The number of ether oxygens (including phenoxy) is 3. The summed E-state index contributed by atoms with van der Waals surface area (Å²) >= 11 is 0. The molecular formula is C13H18N4O3. The summed E-state index contributed by atoms with van der Waals surface area (Å²) in [4.78, 5) is 4.38. The Labute approximate surface area is 117 Å². The second-order valence-corrected chi connectivity index (χ2v) is 4.06. The second-order valence-electron chi connectivity index (χ2n) is 4.06. The maximum absolute atomic E-state index is 5.49. The quantitative estimate of drug-likeness (QED) is 0.818. The lowest BCUT2D eigenvalue weighted by atomic mass is 10.1. The van der Waals surface area contributed by atoms with E-state index in [0.29, 0.717) is 36.0 Å². The molecule has 1 aromatic heterocycles. The first-order chi connectivity index (χ1) is 9.73. The van der Waals surface area contributed by atoms with Crippen molar-refractivity contribution in [1.82, 2.24) is 15.2 Å². The third-order valence-corrected chi connectivity index (χ3v) is 2.84. The Morgan fingerprint density at radius 1 is 1.10 bits per heavy atom. The summed E-state index contributed by atoms with van der Waals surface area (Å²) < 4.78 is 15.9. The van der Waals surface area contributed by atoms with Crippen molar-refractivity contribution in [2.75, 3.05) is 27.9 Å². The third-order valence-electron chi connectivity index (χ3n) is 2.84. The number of methoxy groups -OCH3 is 3. The number of rotatable bonds is 6. The van der Waals surface area contributed by atoms with E-state index in [1.807, 2.05) is 0 Å². The van der Waals surface area contributed by atoms with E-state index in [2.05, 4.69) is 15.2 Å². The van der Waals surface area contributed by atoms with Crippen LogP contribution >= 0.6 is 0 Å². The molecule has 0 fully saturated rings. The predicted molar refractivity (Wildman–Crippen MR) is 74.2 cm³/mol. The summed E-state index contributed by atoms with van der Waals surface area (Å²) in [6.07, 6.45) is 0.650. The molecule has 7 heteroatoms. The molecule has 0 aliphatic rings. The monoisotopic (exact) mass is 278 g/mol. The number of aromatic amines is 1. The number of benzene rings is 1. The fraction of sp³-hybridized carbons (Fsp3) is 0.385. The van der Waals surface area contributed by atoms with Gasteiger partial charge in [0.25, 0.3) is 0 Å². The van der Waals surface area contributed by atoms with E-state index in [9.17, 15) is 0 Å². The zero-order chi connectivity index (χ0) is 14.5. The summed E-state index contributed by atoms with van der Waals surface area (Å²) in [6.45, 7) is 0.518. The second kappa shape index (κ2) is 6.25. The molecule has 0 radical (unpaired) electrons. The highest BCUT2D eigenvalue weighted by atomic mass is 16.5. The highest BCUT2D eigenvalue weighted by Gasteiger charge is 2.16. The van der Waals surface area contributed by atoms with Crippen LogP contribution in [0.1, 0.15) is 5.82 Å². The number of H-pyrrole nitrogens is 1. The molecule has 3 N–H and O–H groups in total. The van der Waals surface area contributed by atoms with Gasteiger partial charge in [0, 0.05) is 12.0 Å². The van der Waals surface area contributed by atoms with Gasteiger partial charge in [0.1, 0.15) is 5.82 Å². The SMILES string of the molecule is COc1cc(-c2n[nH]c(CCN)n2)cc(OC)c1OC. The summed E-state index contributed by atoms with van der Waals surface area (Å²) in [5.74, 6) is 2.97. The van der Waals surface area contributed by atoms with E-state index in [0.717, 1.165) is 11.4 Å².